The highest BCUT2D eigenvalue weighted by atomic mass is 19.4. The number of piperazine rings is 1. The van der Waals surface area contributed by atoms with Crippen LogP contribution in [0.4, 0.5) is 32.2 Å². The van der Waals surface area contributed by atoms with Gasteiger partial charge in [-0.25, -0.2) is 9.97 Å². The number of nitrogens with zero attached hydrogens (tertiary/aromatic N) is 4. The van der Waals surface area contributed by atoms with E-state index in [1.165, 1.54) is 43.4 Å². The molecule has 1 aliphatic heterocycles. The number of aromatic nitrogens is 2. The van der Waals surface area contributed by atoms with E-state index >= 15 is 0 Å². The maximum Gasteiger partial charge on any atom is 0.416 e. The number of amides is 1. The van der Waals surface area contributed by atoms with Crippen molar-refractivity contribution in [3.63, 3.8) is 0 Å². The van der Waals surface area contributed by atoms with Gasteiger partial charge in [-0.05, 0) is 36.4 Å². The highest BCUT2D eigenvalue weighted by molar-refractivity contribution is 5.95. The van der Waals surface area contributed by atoms with Gasteiger partial charge < -0.3 is 19.3 Å². The number of carbonyl (C=O) groups is 1. The molecule has 1 saturated heterocycles. The molecule has 2 heterocycles. The first kappa shape index (κ1) is 29.0. The molecule has 4 aromatic rings. The van der Waals surface area contributed by atoms with Crippen molar-refractivity contribution in [2.45, 2.75) is 12.4 Å². The Hall–Kier alpha value is -4.55. The fourth-order valence-corrected chi connectivity index (χ4v) is 4.78. The zero-order chi connectivity index (χ0) is 30.2. The SMILES string of the molecule is COc1cc2nc(-c3cccc(C(F)(F)F)c3)nc(N3CCN(C(=O)c4cccc(C(F)(F)F)c4)CC3)c2cc1OC. The van der Waals surface area contributed by atoms with Gasteiger partial charge in [-0.15, -0.1) is 0 Å². The van der Waals surface area contributed by atoms with Crippen LogP contribution in [0.1, 0.15) is 21.5 Å². The van der Waals surface area contributed by atoms with E-state index in [0.29, 0.717) is 28.2 Å². The summed E-state index contributed by atoms with van der Waals surface area (Å²) in [5.41, 5.74) is -1.28. The van der Waals surface area contributed by atoms with Crippen molar-refractivity contribution in [2.24, 2.45) is 0 Å². The molecule has 1 aliphatic rings. The standard InChI is InChI=1S/C29H24F6N4O3/c1-41-23-15-21-22(16-24(23)42-2)36-25(17-5-3-7-19(13-17)28(30,31)32)37-26(21)38-9-11-39(12-10-38)27(40)18-6-4-8-20(14-18)29(33,34)35/h3-8,13-16H,9-12H2,1-2H3. The largest absolute Gasteiger partial charge is 0.493 e. The number of rotatable bonds is 5. The average Bonchev–Trinajstić information content (AvgIpc) is 2.98. The van der Waals surface area contributed by atoms with Gasteiger partial charge in [-0.1, -0.05) is 18.2 Å². The van der Waals surface area contributed by atoms with Crippen molar-refractivity contribution in [3.8, 4) is 22.9 Å². The van der Waals surface area contributed by atoms with Crippen LogP contribution in [-0.2, 0) is 12.4 Å². The minimum atomic E-state index is -4.58. The third-order valence-corrected chi connectivity index (χ3v) is 6.93. The Bertz CT molecular complexity index is 1630. The van der Waals surface area contributed by atoms with Crippen LogP contribution in [0.2, 0.25) is 0 Å². The zero-order valence-electron chi connectivity index (χ0n) is 22.4. The van der Waals surface area contributed by atoms with Gasteiger partial charge in [0.25, 0.3) is 5.91 Å². The maximum atomic E-state index is 13.4. The van der Waals surface area contributed by atoms with E-state index in [4.69, 9.17) is 9.47 Å². The predicted octanol–water partition coefficient (Wildman–Crippen LogP) is 6.31. The summed E-state index contributed by atoms with van der Waals surface area (Å²) in [6, 6.07) is 12.2. The van der Waals surface area contributed by atoms with Crippen LogP contribution in [0.15, 0.2) is 60.7 Å². The number of ether oxygens (including phenoxy) is 2. The van der Waals surface area contributed by atoms with Gasteiger partial charge >= 0.3 is 12.4 Å². The number of methoxy groups -OCH3 is 2. The van der Waals surface area contributed by atoms with Gasteiger partial charge in [-0.3, -0.25) is 4.79 Å². The van der Waals surface area contributed by atoms with Crippen LogP contribution in [0.5, 0.6) is 11.5 Å². The summed E-state index contributed by atoms with van der Waals surface area (Å²) < 4.78 is 90.6. The fraction of sp³-hybridized carbons (Fsp3) is 0.276. The van der Waals surface area contributed by atoms with Gasteiger partial charge in [0.2, 0.25) is 0 Å². The molecule has 0 aliphatic carbocycles. The van der Waals surface area contributed by atoms with E-state index < -0.39 is 29.4 Å². The number of fused-ring (bicyclic) bond motifs is 1. The van der Waals surface area contributed by atoms with Crippen LogP contribution in [-0.4, -0.2) is 61.2 Å². The Morgan fingerprint density at radius 2 is 1.36 bits per heavy atom. The number of hydrogen-bond donors (Lipinski definition) is 0. The smallest absolute Gasteiger partial charge is 0.416 e. The number of anilines is 1. The molecule has 0 atom stereocenters. The molecule has 5 rings (SSSR count). The molecule has 1 aromatic heterocycles. The number of carbonyl (C=O) groups excluding carboxylic acids is 1. The van der Waals surface area contributed by atoms with E-state index in [0.717, 1.165) is 24.3 Å². The van der Waals surface area contributed by atoms with Gasteiger partial charge in [0.15, 0.2) is 17.3 Å². The minimum Gasteiger partial charge on any atom is -0.493 e. The molecule has 1 fully saturated rings. The van der Waals surface area contributed by atoms with Crippen molar-refractivity contribution in [3.05, 3.63) is 77.4 Å². The first-order valence-corrected chi connectivity index (χ1v) is 12.7. The second kappa shape index (κ2) is 11.0. The third kappa shape index (κ3) is 5.76. The lowest BCUT2D eigenvalue weighted by molar-refractivity contribution is -0.138. The van der Waals surface area contributed by atoms with Gasteiger partial charge in [0, 0.05) is 48.8 Å². The van der Waals surface area contributed by atoms with Crippen LogP contribution in [0, 0.1) is 0 Å². The Balaban J connectivity index is 1.50. The van der Waals surface area contributed by atoms with Crippen molar-refractivity contribution >= 4 is 22.6 Å². The molecule has 42 heavy (non-hydrogen) atoms. The number of benzene rings is 3. The number of hydrogen-bond acceptors (Lipinski definition) is 6. The van der Waals surface area contributed by atoms with Crippen molar-refractivity contribution in [1.82, 2.24) is 14.9 Å². The highest BCUT2D eigenvalue weighted by Crippen LogP contribution is 2.38. The number of halogens is 6. The molecule has 0 saturated carbocycles. The molecule has 0 bridgehead atoms. The van der Waals surface area contributed by atoms with Crippen LogP contribution in [0.3, 0.4) is 0 Å². The summed E-state index contributed by atoms with van der Waals surface area (Å²) in [5, 5.41) is 0.543. The molecule has 0 spiro atoms. The Kier molecular flexibility index (Phi) is 7.60. The van der Waals surface area contributed by atoms with E-state index in [1.54, 1.807) is 12.1 Å². The summed E-state index contributed by atoms with van der Waals surface area (Å²) in [4.78, 5) is 25.5. The maximum absolute atomic E-state index is 13.4. The normalized spacial score (nSPS) is 14.3. The minimum absolute atomic E-state index is 0.0540. The van der Waals surface area contributed by atoms with Crippen molar-refractivity contribution < 1.29 is 40.6 Å². The second-order valence-corrected chi connectivity index (χ2v) is 9.53. The van der Waals surface area contributed by atoms with Crippen molar-refractivity contribution in [1.29, 1.82) is 0 Å². The molecule has 0 radical (unpaired) electrons. The first-order valence-electron chi connectivity index (χ1n) is 12.7. The van der Waals surface area contributed by atoms with Gasteiger partial charge in [0.1, 0.15) is 5.82 Å². The van der Waals surface area contributed by atoms with E-state index in [1.807, 2.05) is 4.90 Å². The lowest BCUT2D eigenvalue weighted by Gasteiger charge is -2.36. The monoisotopic (exact) mass is 590 g/mol. The summed E-state index contributed by atoms with van der Waals surface area (Å²) in [6.07, 6.45) is -9.14. The van der Waals surface area contributed by atoms with Gasteiger partial charge in [0.05, 0.1) is 30.9 Å². The lowest BCUT2D eigenvalue weighted by atomic mass is 10.1. The molecule has 0 unspecified atom stereocenters. The van der Waals surface area contributed by atoms with Crippen LogP contribution >= 0.6 is 0 Å². The molecule has 0 N–H and O–H groups in total. The number of alkyl halides is 6. The van der Waals surface area contributed by atoms with Crippen molar-refractivity contribution in [2.75, 3.05) is 45.3 Å². The summed E-state index contributed by atoms with van der Waals surface area (Å²) >= 11 is 0. The Morgan fingerprint density at radius 3 is 1.98 bits per heavy atom. The molecule has 220 valence electrons. The average molecular weight is 591 g/mol. The lowest BCUT2D eigenvalue weighted by Crippen LogP contribution is -2.49. The Morgan fingerprint density at radius 1 is 0.762 bits per heavy atom. The zero-order valence-corrected chi connectivity index (χ0v) is 22.4. The molecular formula is C29H24F6N4O3. The summed E-state index contributed by atoms with van der Waals surface area (Å²) in [6.45, 7) is 0.861. The van der Waals surface area contributed by atoms with E-state index in [9.17, 15) is 31.1 Å². The predicted molar refractivity (Wildman–Crippen MR) is 143 cm³/mol. The Labute approximate surface area is 236 Å². The summed E-state index contributed by atoms with van der Waals surface area (Å²) in [5.74, 6) is 0.670. The van der Waals surface area contributed by atoms with E-state index in [2.05, 4.69) is 9.97 Å². The molecule has 7 nitrogen and oxygen atoms in total. The first-order chi connectivity index (χ1) is 19.9. The molecule has 1 amide bonds. The molecule has 3 aromatic carbocycles. The van der Waals surface area contributed by atoms with Crippen LogP contribution in [0.25, 0.3) is 22.3 Å². The van der Waals surface area contributed by atoms with Crippen LogP contribution < -0.4 is 14.4 Å². The molecule has 13 heteroatoms. The molecular weight excluding hydrogens is 566 g/mol. The highest BCUT2D eigenvalue weighted by Gasteiger charge is 2.33. The fourth-order valence-electron chi connectivity index (χ4n) is 4.78. The second-order valence-electron chi connectivity index (χ2n) is 9.53. The quantitative estimate of drug-likeness (QED) is 0.254. The van der Waals surface area contributed by atoms with Gasteiger partial charge in [-0.2, -0.15) is 26.3 Å². The van der Waals surface area contributed by atoms with E-state index in [-0.39, 0.29) is 43.1 Å². The third-order valence-electron chi connectivity index (χ3n) is 6.93. The summed E-state index contributed by atoms with van der Waals surface area (Å²) in [7, 11) is 2.90. The topological polar surface area (TPSA) is 67.8 Å².